The van der Waals surface area contributed by atoms with Crippen LogP contribution in [0.3, 0.4) is 0 Å². The van der Waals surface area contributed by atoms with E-state index in [0.717, 1.165) is 18.2 Å². The Hall–Kier alpha value is -0.360. The zero-order valence-corrected chi connectivity index (χ0v) is 11.7. The maximum atomic E-state index is 12.6. The first-order valence-corrected chi connectivity index (χ1v) is 7.23. The SMILES string of the molecule is CSCCCNc1ccc(Br)c(C(F)(F)F)c1. The van der Waals surface area contributed by atoms with Gasteiger partial charge in [-0.05, 0) is 36.6 Å². The van der Waals surface area contributed by atoms with Crippen molar-refractivity contribution in [1.29, 1.82) is 0 Å². The molecule has 17 heavy (non-hydrogen) atoms. The molecule has 0 aliphatic carbocycles. The molecule has 0 aromatic heterocycles. The van der Waals surface area contributed by atoms with Crippen LogP contribution in [0.4, 0.5) is 18.9 Å². The van der Waals surface area contributed by atoms with E-state index in [4.69, 9.17) is 0 Å². The topological polar surface area (TPSA) is 12.0 Å². The van der Waals surface area contributed by atoms with Gasteiger partial charge >= 0.3 is 6.18 Å². The Bertz CT molecular complexity index is 368. The van der Waals surface area contributed by atoms with E-state index in [9.17, 15) is 13.2 Å². The molecule has 0 aliphatic rings. The van der Waals surface area contributed by atoms with E-state index in [-0.39, 0.29) is 4.47 Å². The monoisotopic (exact) mass is 327 g/mol. The van der Waals surface area contributed by atoms with Gasteiger partial charge in [-0.1, -0.05) is 15.9 Å². The molecule has 0 atom stereocenters. The lowest BCUT2D eigenvalue weighted by molar-refractivity contribution is -0.138. The first kappa shape index (κ1) is 14.7. The van der Waals surface area contributed by atoms with Crippen LogP contribution in [0.25, 0.3) is 0 Å². The average Bonchev–Trinajstić information content (AvgIpc) is 2.25. The molecule has 1 aromatic carbocycles. The van der Waals surface area contributed by atoms with Gasteiger partial charge in [-0.25, -0.2) is 0 Å². The molecule has 1 nitrogen and oxygen atoms in total. The summed E-state index contributed by atoms with van der Waals surface area (Å²) in [7, 11) is 0. The quantitative estimate of drug-likeness (QED) is 0.791. The summed E-state index contributed by atoms with van der Waals surface area (Å²) in [6, 6.07) is 4.18. The number of rotatable bonds is 5. The summed E-state index contributed by atoms with van der Waals surface area (Å²) < 4.78 is 37.9. The van der Waals surface area contributed by atoms with E-state index in [1.807, 2.05) is 6.26 Å². The van der Waals surface area contributed by atoms with Crippen LogP contribution in [0.1, 0.15) is 12.0 Å². The van der Waals surface area contributed by atoms with Crippen LogP contribution in [-0.4, -0.2) is 18.6 Å². The first-order chi connectivity index (χ1) is 7.95. The molecule has 0 amide bonds. The van der Waals surface area contributed by atoms with Crippen LogP contribution in [0.5, 0.6) is 0 Å². The van der Waals surface area contributed by atoms with Crippen molar-refractivity contribution in [1.82, 2.24) is 0 Å². The Kier molecular flexibility index (Phi) is 5.66. The van der Waals surface area contributed by atoms with Gasteiger partial charge in [-0.2, -0.15) is 24.9 Å². The zero-order chi connectivity index (χ0) is 12.9. The number of nitrogens with one attached hydrogen (secondary N) is 1. The third-order valence-corrected chi connectivity index (χ3v) is 3.51. The third-order valence-electron chi connectivity index (χ3n) is 2.13. The minimum atomic E-state index is -4.32. The highest BCUT2D eigenvalue weighted by Crippen LogP contribution is 2.36. The Balaban J connectivity index is 2.69. The molecule has 0 heterocycles. The van der Waals surface area contributed by atoms with E-state index in [1.165, 1.54) is 6.07 Å². The van der Waals surface area contributed by atoms with E-state index in [1.54, 1.807) is 17.8 Å². The standard InChI is InChI=1S/C11H13BrF3NS/c1-17-6-2-5-16-8-3-4-10(12)9(7-8)11(13,14)15/h3-4,7,16H,2,5-6H2,1H3. The van der Waals surface area contributed by atoms with E-state index in [2.05, 4.69) is 21.2 Å². The number of benzene rings is 1. The molecule has 1 N–H and O–H groups in total. The highest BCUT2D eigenvalue weighted by molar-refractivity contribution is 9.10. The molecule has 0 fully saturated rings. The predicted octanol–water partition coefficient (Wildman–Crippen LogP) is 4.63. The predicted molar refractivity (Wildman–Crippen MR) is 70.6 cm³/mol. The fourth-order valence-corrected chi connectivity index (χ4v) is 2.21. The van der Waals surface area contributed by atoms with E-state index in [0.29, 0.717) is 12.2 Å². The molecule has 0 saturated heterocycles. The van der Waals surface area contributed by atoms with Crippen molar-refractivity contribution in [2.75, 3.05) is 23.9 Å². The summed E-state index contributed by atoms with van der Waals surface area (Å²) in [6.45, 7) is 0.680. The molecule has 0 saturated carbocycles. The van der Waals surface area contributed by atoms with Crippen LogP contribution >= 0.6 is 27.7 Å². The Morgan fingerprint density at radius 3 is 2.65 bits per heavy atom. The fraction of sp³-hybridized carbons (Fsp3) is 0.455. The second kappa shape index (κ2) is 6.54. The number of hydrogen-bond donors (Lipinski definition) is 1. The van der Waals surface area contributed by atoms with Gasteiger partial charge in [0.15, 0.2) is 0 Å². The average molecular weight is 328 g/mol. The first-order valence-electron chi connectivity index (χ1n) is 5.04. The van der Waals surface area contributed by atoms with Crippen molar-refractivity contribution < 1.29 is 13.2 Å². The van der Waals surface area contributed by atoms with Gasteiger partial charge in [-0.3, -0.25) is 0 Å². The van der Waals surface area contributed by atoms with Gasteiger partial charge in [0.25, 0.3) is 0 Å². The summed E-state index contributed by atoms with van der Waals surface area (Å²) in [5, 5.41) is 2.99. The molecule has 0 spiro atoms. The van der Waals surface area contributed by atoms with Gasteiger partial charge in [0.05, 0.1) is 5.56 Å². The molecule has 1 rings (SSSR count). The smallest absolute Gasteiger partial charge is 0.385 e. The summed E-state index contributed by atoms with van der Waals surface area (Å²) in [4.78, 5) is 0. The number of anilines is 1. The summed E-state index contributed by atoms with van der Waals surface area (Å²) in [5.41, 5.74) is -0.144. The fourth-order valence-electron chi connectivity index (χ4n) is 1.30. The lowest BCUT2D eigenvalue weighted by atomic mass is 10.2. The molecule has 1 aromatic rings. The number of thioether (sulfide) groups is 1. The van der Waals surface area contributed by atoms with Crippen LogP contribution in [0.15, 0.2) is 22.7 Å². The highest BCUT2D eigenvalue weighted by Gasteiger charge is 2.33. The second-order valence-electron chi connectivity index (χ2n) is 3.47. The number of hydrogen-bond acceptors (Lipinski definition) is 2. The van der Waals surface area contributed by atoms with Gasteiger partial charge in [0, 0.05) is 16.7 Å². The molecule has 96 valence electrons. The van der Waals surface area contributed by atoms with Crippen LogP contribution in [-0.2, 0) is 6.18 Å². The van der Waals surface area contributed by atoms with Crippen molar-refractivity contribution >= 4 is 33.4 Å². The number of halogens is 4. The molecule has 0 aliphatic heterocycles. The number of alkyl halides is 3. The maximum Gasteiger partial charge on any atom is 0.417 e. The van der Waals surface area contributed by atoms with Crippen LogP contribution < -0.4 is 5.32 Å². The Morgan fingerprint density at radius 2 is 2.06 bits per heavy atom. The van der Waals surface area contributed by atoms with Crippen molar-refractivity contribution in [2.24, 2.45) is 0 Å². The second-order valence-corrected chi connectivity index (χ2v) is 5.31. The van der Waals surface area contributed by atoms with Crippen LogP contribution in [0, 0.1) is 0 Å². The largest absolute Gasteiger partial charge is 0.417 e. The molecular weight excluding hydrogens is 315 g/mol. The highest BCUT2D eigenvalue weighted by atomic mass is 79.9. The summed E-state index contributed by atoms with van der Waals surface area (Å²) in [6.07, 6.45) is -1.39. The normalized spacial score (nSPS) is 11.6. The Morgan fingerprint density at radius 1 is 1.35 bits per heavy atom. The summed E-state index contributed by atoms with van der Waals surface area (Å²) in [5.74, 6) is 0.996. The van der Waals surface area contributed by atoms with Gasteiger partial charge < -0.3 is 5.32 Å². The lowest BCUT2D eigenvalue weighted by Crippen LogP contribution is -2.08. The molecule has 0 bridgehead atoms. The Labute approximate surface area is 111 Å². The van der Waals surface area contributed by atoms with Gasteiger partial charge in [0.2, 0.25) is 0 Å². The van der Waals surface area contributed by atoms with Crippen molar-refractivity contribution in [3.63, 3.8) is 0 Å². The van der Waals surface area contributed by atoms with Crippen molar-refractivity contribution in [3.05, 3.63) is 28.2 Å². The van der Waals surface area contributed by atoms with E-state index < -0.39 is 11.7 Å². The molecule has 0 unspecified atom stereocenters. The van der Waals surface area contributed by atoms with E-state index >= 15 is 0 Å². The molecule has 0 radical (unpaired) electrons. The summed E-state index contributed by atoms with van der Waals surface area (Å²) >= 11 is 4.63. The van der Waals surface area contributed by atoms with Crippen molar-refractivity contribution in [2.45, 2.75) is 12.6 Å². The maximum absolute atomic E-state index is 12.6. The minimum absolute atomic E-state index is 0.0691. The minimum Gasteiger partial charge on any atom is -0.385 e. The van der Waals surface area contributed by atoms with Crippen LogP contribution in [0.2, 0.25) is 0 Å². The molecule has 6 heteroatoms. The van der Waals surface area contributed by atoms with Gasteiger partial charge in [-0.15, -0.1) is 0 Å². The lowest BCUT2D eigenvalue weighted by Gasteiger charge is -2.12. The van der Waals surface area contributed by atoms with Crippen molar-refractivity contribution in [3.8, 4) is 0 Å². The molecular formula is C11H13BrF3NS. The van der Waals surface area contributed by atoms with Gasteiger partial charge in [0.1, 0.15) is 0 Å². The zero-order valence-electron chi connectivity index (χ0n) is 9.27. The third kappa shape index (κ3) is 4.79.